The standard InChI is InChI=1S/C23H49NO2/c1-11-14-23(13-3,17-20(5,6)25-15-12-2)18-21(7,8)26-16-19(4)22(9,10)24/h19H,11-18,24H2,1-10H3. The van der Waals surface area contributed by atoms with Crippen LogP contribution in [0.15, 0.2) is 0 Å². The lowest BCUT2D eigenvalue weighted by Crippen LogP contribution is -2.44. The van der Waals surface area contributed by atoms with E-state index in [1.54, 1.807) is 0 Å². The van der Waals surface area contributed by atoms with E-state index in [0.29, 0.717) is 12.5 Å². The lowest BCUT2D eigenvalue weighted by molar-refractivity contribution is -0.0995. The Morgan fingerprint density at radius 3 is 1.69 bits per heavy atom. The topological polar surface area (TPSA) is 44.5 Å². The van der Waals surface area contributed by atoms with Crippen LogP contribution in [0.5, 0.6) is 0 Å². The number of rotatable bonds is 14. The number of hydrogen-bond donors (Lipinski definition) is 1. The molecule has 0 aliphatic rings. The second-order valence-corrected chi connectivity index (χ2v) is 10.4. The van der Waals surface area contributed by atoms with Crippen LogP contribution in [0.2, 0.25) is 0 Å². The van der Waals surface area contributed by atoms with E-state index in [0.717, 1.165) is 32.3 Å². The molecule has 0 radical (unpaired) electrons. The van der Waals surface area contributed by atoms with Gasteiger partial charge in [-0.1, -0.05) is 40.5 Å². The van der Waals surface area contributed by atoms with Crippen LogP contribution in [0.1, 0.15) is 108 Å². The van der Waals surface area contributed by atoms with Gasteiger partial charge in [-0.05, 0) is 78.6 Å². The van der Waals surface area contributed by atoms with Crippen molar-refractivity contribution in [3.8, 4) is 0 Å². The highest BCUT2D eigenvalue weighted by Crippen LogP contribution is 2.45. The van der Waals surface area contributed by atoms with Gasteiger partial charge >= 0.3 is 0 Å². The molecule has 2 N–H and O–H groups in total. The zero-order chi connectivity index (χ0) is 20.6. The first-order chi connectivity index (χ1) is 11.7. The van der Waals surface area contributed by atoms with Crippen LogP contribution in [-0.4, -0.2) is 30.0 Å². The van der Waals surface area contributed by atoms with E-state index in [-0.39, 0.29) is 22.2 Å². The van der Waals surface area contributed by atoms with Crippen molar-refractivity contribution in [1.82, 2.24) is 0 Å². The van der Waals surface area contributed by atoms with Crippen LogP contribution in [0.4, 0.5) is 0 Å². The summed E-state index contributed by atoms with van der Waals surface area (Å²) in [6.45, 7) is 23.6. The third-order valence-corrected chi connectivity index (χ3v) is 5.82. The highest BCUT2D eigenvalue weighted by Gasteiger charge is 2.40. The third-order valence-electron chi connectivity index (χ3n) is 5.82. The highest BCUT2D eigenvalue weighted by molar-refractivity contribution is 4.91. The maximum Gasteiger partial charge on any atom is 0.0632 e. The van der Waals surface area contributed by atoms with E-state index in [1.165, 1.54) is 12.8 Å². The summed E-state index contributed by atoms with van der Waals surface area (Å²) in [6.07, 6.45) is 6.77. The molecular weight excluding hydrogens is 322 g/mol. The molecule has 0 aliphatic carbocycles. The van der Waals surface area contributed by atoms with E-state index < -0.39 is 0 Å². The van der Waals surface area contributed by atoms with Crippen molar-refractivity contribution in [1.29, 1.82) is 0 Å². The Labute approximate surface area is 164 Å². The van der Waals surface area contributed by atoms with Crippen molar-refractivity contribution in [2.45, 2.75) is 125 Å². The van der Waals surface area contributed by atoms with Crippen LogP contribution in [0.3, 0.4) is 0 Å². The van der Waals surface area contributed by atoms with Crippen molar-refractivity contribution in [2.75, 3.05) is 13.2 Å². The quantitative estimate of drug-likeness (QED) is 0.387. The van der Waals surface area contributed by atoms with E-state index in [1.807, 2.05) is 0 Å². The third kappa shape index (κ3) is 9.71. The summed E-state index contributed by atoms with van der Waals surface area (Å²) in [5.74, 6) is 0.327. The second kappa shape index (κ2) is 10.4. The van der Waals surface area contributed by atoms with Crippen molar-refractivity contribution in [2.24, 2.45) is 17.1 Å². The van der Waals surface area contributed by atoms with E-state index in [4.69, 9.17) is 15.2 Å². The maximum atomic E-state index is 6.40. The van der Waals surface area contributed by atoms with Crippen LogP contribution in [0, 0.1) is 11.3 Å². The lowest BCUT2D eigenvalue weighted by atomic mass is 9.67. The smallest absolute Gasteiger partial charge is 0.0632 e. The molecule has 0 bridgehead atoms. The molecule has 26 heavy (non-hydrogen) atoms. The van der Waals surface area contributed by atoms with Gasteiger partial charge in [-0.2, -0.15) is 0 Å². The summed E-state index contributed by atoms with van der Waals surface area (Å²) in [6, 6.07) is 0. The molecule has 2 atom stereocenters. The van der Waals surface area contributed by atoms with Crippen LogP contribution in [-0.2, 0) is 9.47 Å². The Bertz CT molecular complexity index is 384. The molecule has 158 valence electrons. The Balaban J connectivity index is 5.16. The van der Waals surface area contributed by atoms with Crippen LogP contribution in [0.25, 0.3) is 0 Å². The molecule has 0 aromatic heterocycles. The van der Waals surface area contributed by atoms with Gasteiger partial charge < -0.3 is 15.2 Å². The predicted octanol–water partition coefficient (Wildman–Crippen LogP) is 6.34. The Morgan fingerprint density at radius 1 is 0.808 bits per heavy atom. The minimum absolute atomic E-state index is 0.0934. The maximum absolute atomic E-state index is 6.40. The molecule has 3 heteroatoms. The van der Waals surface area contributed by atoms with Gasteiger partial charge in [0, 0.05) is 12.1 Å². The number of hydrogen-bond acceptors (Lipinski definition) is 3. The van der Waals surface area contributed by atoms with Gasteiger partial charge in [0.25, 0.3) is 0 Å². The van der Waals surface area contributed by atoms with Crippen LogP contribution >= 0.6 is 0 Å². The molecule has 0 rings (SSSR count). The molecule has 0 saturated heterocycles. The summed E-state index contributed by atoms with van der Waals surface area (Å²) < 4.78 is 12.6. The van der Waals surface area contributed by atoms with Gasteiger partial charge in [0.05, 0.1) is 17.8 Å². The Kier molecular flexibility index (Phi) is 10.4. The van der Waals surface area contributed by atoms with Crippen LogP contribution < -0.4 is 5.73 Å². The molecular formula is C23H49NO2. The van der Waals surface area contributed by atoms with E-state index in [2.05, 4.69) is 69.2 Å². The first-order valence-corrected chi connectivity index (χ1v) is 10.8. The SMILES string of the molecule is CCCOC(C)(C)CC(CC)(CCC)CC(C)(C)OCC(C)C(C)(C)N. The van der Waals surface area contributed by atoms with Crippen molar-refractivity contribution in [3.63, 3.8) is 0 Å². The molecule has 0 heterocycles. The minimum atomic E-state index is -0.211. The van der Waals surface area contributed by atoms with Crippen molar-refractivity contribution < 1.29 is 9.47 Å². The number of ether oxygens (including phenoxy) is 2. The second-order valence-electron chi connectivity index (χ2n) is 10.4. The normalized spacial score (nSPS) is 17.2. The summed E-state index contributed by atoms with van der Waals surface area (Å²) >= 11 is 0. The van der Waals surface area contributed by atoms with Gasteiger partial charge in [0.15, 0.2) is 0 Å². The van der Waals surface area contributed by atoms with Gasteiger partial charge in [-0.3, -0.25) is 0 Å². The molecule has 0 amide bonds. The summed E-state index contributed by atoms with van der Waals surface area (Å²) in [5.41, 5.74) is 6.02. The lowest BCUT2D eigenvalue weighted by Gasteiger charge is -2.44. The zero-order valence-corrected chi connectivity index (χ0v) is 19.6. The van der Waals surface area contributed by atoms with Crippen molar-refractivity contribution in [3.05, 3.63) is 0 Å². The molecule has 0 aromatic rings. The fourth-order valence-electron chi connectivity index (χ4n) is 4.05. The first-order valence-electron chi connectivity index (χ1n) is 10.8. The fourth-order valence-corrected chi connectivity index (χ4v) is 4.05. The largest absolute Gasteiger partial charge is 0.376 e. The van der Waals surface area contributed by atoms with Gasteiger partial charge in [-0.25, -0.2) is 0 Å². The molecule has 0 aliphatic heterocycles. The molecule has 0 fully saturated rings. The first kappa shape index (κ1) is 25.9. The van der Waals surface area contributed by atoms with E-state index >= 15 is 0 Å². The molecule has 3 nitrogen and oxygen atoms in total. The summed E-state index contributed by atoms with van der Waals surface area (Å²) in [7, 11) is 0. The van der Waals surface area contributed by atoms with Gasteiger partial charge in [0.2, 0.25) is 0 Å². The average Bonchev–Trinajstić information content (AvgIpc) is 2.49. The summed E-state index contributed by atoms with van der Waals surface area (Å²) in [4.78, 5) is 0. The Hall–Kier alpha value is -0.120. The molecule has 0 spiro atoms. The van der Waals surface area contributed by atoms with Crippen molar-refractivity contribution >= 4 is 0 Å². The fraction of sp³-hybridized carbons (Fsp3) is 1.00. The molecule has 0 saturated carbocycles. The van der Waals surface area contributed by atoms with Gasteiger partial charge in [-0.15, -0.1) is 0 Å². The summed E-state index contributed by atoms with van der Waals surface area (Å²) in [5, 5.41) is 0. The zero-order valence-electron chi connectivity index (χ0n) is 19.6. The molecule has 2 unspecified atom stereocenters. The van der Waals surface area contributed by atoms with E-state index in [9.17, 15) is 0 Å². The monoisotopic (exact) mass is 371 g/mol. The number of nitrogens with two attached hydrogens (primary N) is 1. The highest BCUT2D eigenvalue weighted by atomic mass is 16.5. The molecule has 0 aromatic carbocycles. The minimum Gasteiger partial charge on any atom is -0.376 e. The van der Waals surface area contributed by atoms with Gasteiger partial charge in [0.1, 0.15) is 0 Å². The predicted molar refractivity (Wildman–Crippen MR) is 115 cm³/mol. The Morgan fingerprint density at radius 2 is 1.31 bits per heavy atom. The average molecular weight is 372 g/mol.